The molecule has 0 aliphatic rings. The van der Waals surface area contributed by atoms with Crippen molar-refractivity contribution in [1.82, 2.24) is 5.32 Å². The largest absolute Gasteiger partial charge is 0.497 e. The topological polar surface area (TPSA) is 81.4 Å². The zero-order chi connectivity index (χ0) is 15.8. The Balaban J connectivity index is 2.54. The molecule has 21 heavy (non-hydrogen) atoms. The lowest BCUT2D eigenvalue weighted by Gasteiger charge is -2.21. The van der Waals surface area contributed by atoms with E-state index in [1.165, 1.54) is 0 Å². The third-order valence-corrected chi connectivity index (χ3v) is 3.61. The first-order valence-corrected chi connectivity index (χ1v) is 7.19. The first-order valence-electron chi connectivity index (χ1n) is 7.19. The number of methoxy groups -OCH3 is 1. The molecule has 0 heterocycles. The zero-order valence-electron chi connectivity index (χ0n) is 12.9. The second kappa shape index (κ2) is 8.29. The van der Waals surface area contributed by atoms with E-state index in [0.717, 1.165) is 17.7 Å². The highest BCUT2D eigenvalue weighted by Gasteiger charge is 2.23. The Hall–Kier alpha value is -2.04. The maximum absolute atomic E-state index is 12.0. The number of hydrogen-bond acceptors (Lipinski definition) is 3. The average Bonchev–Trinajstić information content (AvgIpc) is 2.49. The summed E-state index contributed by atoms with van der Waals surface area (Å²) in [7, 11) is 1.61. The lowest BCUT2D eigenvalue weighted by atomic mass is 9.98. The molecule has 0 radical (unpaired) electrons. The number of aryl methyl sites for hydroxylation is 1. The van der Waals surface area contributed by atoms with Crippen LogP contribution in [0.15, 0.2) is 24.3 Å². The van der Waals surface area contributed by atoms with Crippen LogP contribution in [0, 0.1) is 5.92 Å². The van der Waals surface area contributed by atoms with Gasteiger partial charge < -0.3 is 15.8 Å². The molecule has 0 saturated heterocycles. The highest BCUT2D eigenvalue weighted by molar-refractivity contribution is 5.86. The van der Waals surface area contributed by atoms with Gasteiger partial charge in [-0.1, -0.05) is 32.4 Å². The number of nitrogens with one attached hydrogen (secondary N) is 1. The molecule has 1 rings (SSSR count). The number of rotatable bonds is 8. The second-order valence-electron chi connectivity index (χ2n) is 5.18. The molecular formula is C16H24N2O3. The molecule has 2 unspecified atom stereocenters. The second-order valence-corrected chi connectivity index (χ2v) is 5.18. The van der Waals surface area contributed by atoms with Crippen molar-refractivity contribution in [2.45, 2.75) is 39.2 Å². The van der Waals surface area contributed by atoms with Gasteiger partial charge in [0.05, 0.1) is 7.11 Å². The van der Waals surface area contributed by atoms with E-state index in [1.807, 2.05) is 38.1 Å². The molecule has 116 valence electrons. The van der Waals surface area contributed by atoms with Gasteiger partial charge in [0.25, 0.3) is 0 Å². The molecule has 0 aliphatic carbocycles. The van der Waals surface area contributed by atoms with Crippen molar-refractivity contribution in [3.05, 3.63) is 29.8 Å². The van der Waals surface area contributed by atoms with Crippen molar-refractivity contribution in [1.29, 1.82) is 0 Å². The van der Waals surface area contributed by atoms with Crippen LogP contribution in [-0.2, 0) is 16.0 Å². The minimum Gasteiger partial charge on any atom is -0.497 e. The van der Waals surface area contributed by atoms with Crippen molar-refractivity contribution in [3.8, 4) is 5.75 Å². The van der Waals surface area contributed by atoms with Crippen LogP contribution in [-0.4, -0.2) is 25.0 Å². The van der Waals surface area contributed by atoms with Crippen molar-refractivity contribution in [2.24, 2.45) is 11.7 Å². The van der Waals surface area contributed by atoms with Gasteiger partial charge in [0.15, 0.2) is 0 Å². The Kier molecular flexibility index (Phi) is 6.72. The van der Waals surface area contributed by atoms with Gasteiger partial charge in [-0.05, 0) is 30.0 Å². The summed E-state index contributed by atoms with van der Waals surface area (Å²) in [5.41, 5.74) is 6.35. The number of hydrogen-bond donors (Lipinski definition) is 2. The maximum Gasteiger partial charge on any atom is 0.240 e. The first kappa shape index (κ1) is 17.0. The van der Waals surface area contributed by atoms with E-state index in [2.05, 4.69) is 5.32 Å². The van der Waals surface area contributed by atoms with Crippen molar-refractivity contribution < 1.29 is 14.3 Å². The number of benzene rings is 1. The van der Waals surface area contributed by atoms with E-state index in [-0.39, 0.29) is 11.8 Å². The van der Waals surface area contributed by atoms with Gasteiger partial charge in [0.1, 0.15) is 11.8 Å². The summed E-state index contributed by atoms with van der Waals surface area (Å²) in [4.78, 5) is 23.3. The van der Waals surface area contributed by atoms with Gasteiger partial charge in [-0.3, -0.25) is 9.59 Å². The molecule has 0 spiro atoms. The van der Waals surface area contributed by atoms with Gasteiger partial charge in [-0.25, -0.2) is 0 Å². The summed E-state index contributed by atoms with van der Waals surface area (Å²) in [6, 6.07) is 6.98. The van der Waals surface area contributed by atoms with Crippen LogP contribution in [0.3, 0.4) is 0 Å². The van der Waals surface area contributed by atoms with Gasteiger partial charge in [0, 0.05) is 6.42 Å². The SMILES string of the molecule is CCC(C)C(NC(=O)CCc1cccc(OC)c1)C(N)=O. The minimum atomic E-state index is -0.604. The summed E-state index contributed by atoms with van der Waals surface area (Å²) in [6.45, 7) is 3.86. The molecular weight excluding hydrogens is 268 g/mol. The van der Waals surface area contributed by atoms with Crippen molar-refractivity contribution >= 4 is 11.8 Å². The third-order valence-electron chi connectivity index (χ3n) is 3.61. The van der Waals surface area contributed by atoms with Crippen LogP contribution in [0.4, 0.5) is 0 Å². The quantitative estimate of drug-likeness (QED) is 0.764. The molecule has 5 nitrogen and oxygen atoms in total. The minimum absolute atomic E-state index is 0.0308. The Morgan fingerprint density at radius 1 is 1.38 bits per heavy atom. The predicted molar refractivity (Wildman–Crippen MR) is 81.9 cm³/mol. The van der Waals surface area contributed by atoms with E-state index >= 15 is 0 Å². The highest BCUT2D eigenvalue weighted by Crippen LogP contribution is 2.14. The van der Waals surface area contributed by atoms with E-state index in [4.69, 9.17) is 10.5 Å². The normalized spacial score (nSPS) is 13.3. The van der Waals surface area contributed by atoms with Crippen LogP contribution in [0.25, 0.3) is 0 Å². The van der Waals surface area contributed by atoms with E-state index in [9.17, 15) is 9.59 Å². The van der Waals surface area contributed by atoms with Gasteiger partial charge in [-0.15, -0.1) is 0 Å². The molecule has 0 aromatic heterocycles. The molecule has 0 fully saturated rings. The van der Waals surface area contributed by atoms with Crippen LogP contribution in [0.1, 0.15) is 32.3 Å². The van der Waals surface area contributed by atoms with Crippen LogP contribution >= 0.6 is 0 Å². The standard InChI is InChI=1S/C16H24N2O3/c1-4-11(2)15(16(17)20)18-14(19)9-8-12-6-5-7-13(10-12)21-3/h5-7,10-11,15H,4,8-9H2,1-3H3,(H2,17,20)(H,18,19). The molecule has 5 heteroatoms. The summed E-state index contributed by atoms with van der Waals surface area (Å²) in [6.07, 6.45) is 1.69. The van der Waals surface area contributed by atoms with Crippen LogP contribution in [0.5, 0.6) is 5.75 Å². The predicted octanol–water partition coefficient (Wildman–Crippen LogP) is 1.64. The number of ether oxygens (including phenoxy) is 1. The molecule has 2 amide bonds. The number of carbonyl (C=O) groups is 2. The van der Waals surface area contributed by atoms with E-state index in [0.29, 0.717) is 12.8 Å². The Morgan fingerprint density at radius 3 is 2.67 bits per heavy atom. The monoisotopic (exact) mass is 292 g/mol. The molecule has 3 N–H and O–H groups in total. The van der Waals surface area contributed by atoms with Gasteiger partial charge >= 0.3 is 0 Å². The Morgan fingerprint density at radius 2 is 2.10 bits per heavy atom. The summed E-state index contributed by atoms with van der Waals surface area (Å²) in [5.74, 6) is 0.145. The van der Waals surface area contributed by atoms with E-state index in [1.54, 1.807) is 7.11 Å². The summed E-state index contributed by atoms with van der Waals surface area (Å²) in [5, 5.41) is 2.72. The molecule has 0 aliphatic heterocycles. The van der Waals surface area contributed by atoms with Crippen molar-refractivity contribution in [2.75, 3.05) is 7.11 Å². The summed E-state index contributed by atoms with van der Waals surface area (Å²) >= 11 is 0. The number of primary amides is 1. The average molecular weight is 292 g/mol. The molecule has 1 aromatic carbocycles. The van der Waals surface area contributed by atoms with E-state index < -0.39 is 11.9 Å². The first-order chi connectivity index (χ1) is 9.97. The van der Waals surface area contributed by atoms with Crippen LogP contribution in [0.2, 0.25) is 0 Å². The highest BCUT2D eigenvalue weighted by atomic mass is 16.5. The number of carbonyl (C=O) groups excluding carboxylic acids is 2. The Bertz CT molecular complexity index is 488. The molecule has 0 saturated carbocycles. The maximum atomic E-state index is 12.0. The Labute approximate surface area is 125 Å². The van der Waals surface area contributed by atoms with Crippen LogP contribution < -0.4 is 15.8 Å². The smallest absolute Gasteiger partial charge is 0.240 e. The summed E-state index contributed by atoms with van der Waals surface area (Å²) < 4.78 is 5.14. The van der Waals surface area contributed by atoms with Crippen molar-refractivity contribution in [3.63, 3.8) is 0 Å². The third kappa shape index (κ3) is 5.45. The lowest BCUT2D eigenvalue weighted by Crippen LogP contribution is -2.48. The van der Waals surface area contributed by atoms with Gasteiger partial charge in [0.2, 0.25) is 11.8 Å². The lowest BCUT2D eigenvalue weighted by molar-refractivity contribution is -0.128. The molecule has 0 bridgehead atoms. The zero-order valence-corrected chi connectivity index (χ0v) is 12.9. The fraction of sp³-hybridized carbons (Fsp3) is 0.500. The number of nitrogens with two attached hydrogens (primary N) is 1. The molecule has 1 aromatic rings. The molecule has 2 atom stereocenters. The van der Waals surface area contributed by atoms with Gasteiger partial charge in [-0.2, -0.15) is 0 Å². The fourth-order valence-electron chi connectivity index (χ4n) is 2.06. The fourth-order valence-corrected chi connectivity index (χ4v) is 2.06. The number of amides is 2.